The molecule has 0 saturated heterocycles. The molecule has 0 radical (unpaired) electrons. The van der Waals surface area contributed by atoms with Gasteiger partial charge in [-0.3, -0.25) is 0 Å². The molecule has 4 N–H and O–H groups in total. The maximum Gasteiger partial charge on any atom is 0.244 e. The van der Waals surface area contributed by atoms with Gasteiger partial charge in [-0.25, -0.2) is 13.1 Å². The van der Waals surface area contributed by atoms with Crippen molar-refractivity contribution >= 4 is 15.7 Å². The quantitative estimate of drug-likeness (QED) is 0.688. The van der Waals surface area contributed by atoms with Gasteiger partial charge in [-0.15, -0.1) is 0 Å². The molecule has 1 atom stereocenters. The van der Waals surface area contributed by atoms with Crippen LogP contribution in [-0.2, 0) is 10.0 Å². The molecule has 0 aliphatic carbocycles. The summed E-state index contributed by atoms with van der Waals surface area (Å²) in [4.78, 5) is 0.00200. The van der Waals surface area contributed by atoms with E-state index in [0.717, 1.165) is 0 Å². The highest BCUT2D eigenvalue weighted by atomic mass is 32.2. The van der Waals surface area contributed by atoms with Gasteiger partial charge in [0.25, 0.3) is 0 Å². The van der Waals surface area contributed by atoms with E-state index in [9.17, 15) is 13.5 Å². The van der Waals surface area contributed by atoms with E-state index < -0.39 is 16.1 Å². The standard InChI is InChI=1S/C14H24N2O4S/c1-14(2,3)8-11(17)9-16-21(18,19)13-6-5-10(15)7-12(13)20-4/h5-7,11,16-17H,8-9,15H2,1-4H3. The van der Waals surface area contributed by atoms with E-state index in [0.29, 0.717) is 12.1 Å². The average Bonchev–Trinajstić information content (AvgIpc) is 2.34. The van der Waals surface area contributed by atoms with E-state index in [-0.39, 0.29) is 22.6 Å². The van der Waals surface area contributed by atoms with Crippen LogP contribution in [-0.4, -0.2) is 33.3 Å². The Bertz CT molecular complexity index is 579. The fourth-order valence-electron chi connectivity index (χ4n) is 1.97. The number of aliphatic hydroxyl groups is 1. The predicted octanol–water partition coefficient (Wildman–Crippen LogP) is 1.35. The zero-order valence-corrected chi connectivity index (χ0v) is 13.7. The van der Waals surface area contributed by atoms with Gasteiger partial charge in [0.15, 0.2) is 0 Å². The predicted molar refractivity (Wildman–Crippen MR) is 82.7 cm³/mol. The molecule has 1 aromatic carbocycles. The fourth-order valence-corrected chi connectivity index (χ4v) is 3.19. The van der Waals surface area contributed by atoms with Crippen LogP contribution < -0.4 is 15.2 Å². The molecule has 0 aliphatic heterocycles. The lowest BCUT2D eigenvalue weighted by molar-refractivity contribution is 0.125. The first-order valence-electron chi connectivity index (χ1n) is 6.66. The Morgan fingerprint density at radius 2 is 2.00 bits per heavy atom. The van der Waals surface area contributed by atoms with Gasteiger partial charge >= 0.3 is 0 Å². The third-order valence-corrected chi connectivity index (χ3v) is 4.30. The second-order valence-corrected chi connectivity index (χ2v) is 7.92. The van der Waals surface area contributed by atoms with E-state index in [4.69, 9.17) is 10.5 Å². The number of hydrogen-bond donors (Lipinski definition) is 3. The summed E-state index contributed by atoms with van der Waals surface area (Å²) in [6.45, 7) is 5.89. The molecule has 120 valence electrons. The minimum Gasteiger partial charge on any atom is -0.495 e. The van der Waals surface area contributed by atoms with Gasteiger partial charge in [-0.05, 0) is 24.0 Å². The van der Waals surface area contributed by atoms with Crippen molar-refractivity contribution in [3.8, 4) is 5.75 Å². The molecule has 1 aromatic rings. The number of sulfonamides is 1. The number of ether oxygens (including phenoxy) is 1. The molecule has 7 heteroatoms. The molecule has 1 rings (SSSR count). The number of nitrogen functional groups attached to an aromatic ring is 1. The van der Waals surface area contributed by atoms with Crippen LogP contribution in [0.15, 0.2) is 23.1 Å². The van der Waals surface area contributed by atoms with Gasteiger partial charge < -0.3 is 15.6 Å². The number of nitrogens with one attached hydrogen (secondary N) is 1. The molecule has 0 heterocycles. The summed E-state index contributed by atoms with van der Waals surface area (Å²) in [6, 6.07) is 4.31. The van der Waals surface area contributed by atoms with Crippen LogP contribution in [0.3, 0.4) is 0 Å². The lowest BCUT2D eigenvalue weighted by atomic mass is 9.89. The zero-order valence-electron chi connectivity index (χ0n) is 12.9. The largest absolute Gasteiger partial charge is 0.495 e. The molecule has 0 fully saturated rings. The Labute approximate surface area is 126 Å². The summed E-state index contributed by atoms with van der Waals surface area (Å²) in [5.41, 5.74) is 5.94. The molecular weight excluding hydrogens is 292 g/mol. The summed E-state index contributed by atoms with van der Waals surface area (Å²) < 4.78 is 31.9. The molecule has 0 bridgehead atoms. The molecular formula is C14H24N2O4S. The van der Waals surface area contributed by atoms with Gasteiger partial charge in [-0.2, -0.15) is 0 Å². The number of aliphatic hydroxyl groups excluding tert-OH is 1. The summed E-state index contributed by atoms with van der Waals surface area (Å²) in [5, 5.41) is 9.89. The van der Waals surface area contributed by atoms with E-state index in [2.05, 4.69) is 4.72 Å². The van der Waals surface area contributed by atoms with Gasteiger partial charge in [0, 0.05) is 18.3 Å². The first-order chi connectivity index (χ1) is 9.55. The highest BCUT2D eigenvalue weighted by Crippen LogP contribution is 2.26. The van der Waals surface area contributed by atoms with Crippen LogP contribution in [0.2, 0.25) is 0 Å². The molecule has 21 heavy (non-hydrogen) atoms. The van der Waals surface area contributed by atoms with E-state index in [1.54, 1.807) is 0 Å². The summed E-state index contributed by atoms with van der Waals surface area (Å²) in [5.74, 6) is 0.174. The number of hydrogen-bond acceptors (Lipinski definition) is 5. The van der Waals surface area contributed by atoms with E-state index in [1.165, 1.54) is 25.3 Å². The first-order valence-corrected chi connectivity index (χ1v) is 8.15. The van der Waals surface area contributed by atoms with Crippen LogP contribution in [0.25, 0.3) is 0 Å². The molecule has 1 unspecified atom stereocenters. The Kier molecular flexibility index (Phi) is 5.61. The number of nitrogens with two attached hydrogens (primary N) is 1. The molecule has 0 saturated carbocycles. The van der Waals surface area contributed by atoms with Gasteiger partial charge in [0.05, 0.1) is 13.2 Å². The first kappa shape index (κ1) is 17.7. The zero-order chi connectivity index (χ0) is 16.3. The van der Waals surface area contributed by atoms with Crippen molar-refractivity contribution in [1.82, 2.24) is 4.72 Å². The fraction of sp³-hybridized carbons (Fsp3) is 0.571. The Morgan fingerprint density at radius 1 is 1.38 bits per heavy atom. The maximum atomic E-state index is 12.3. The smallest absolute Gasteiger partial charge is 0.244 e. The Hall–Kier alpha value is -1.31. The van der Waals surface area contributed by atoms with Crippen molar-refractivity contribution in [2.45, 2.75) is 38.2 Å². The second kappa shape index (κ2) is 6.64. The summed E-state index contributed by atoms with van der Waals surface area (Å²) >= 11 is 0. The van der Waals surface area contributed by atoms with Crippen molar-refractivity contribution in [3.63, 3.8) is 0 Å². The van der Waals surface area contributed by atoms with Crippen molar-refractivity contribution in [1.29, 1.82) is 0 Å². The van der Waals surface area contributed by atoms with Crippen LogP contribution in [0.4, 0.5) is 5.69 Å². The third-order valence-electron chi connectivity index (χ3n) is 2.83. The summed E-state index contributed by atoms with van der Waals surface area (Å²) in [7, 11) is -2.38. The Balaban J connectivity index is 2.83. The van der Waals surface area contributed by atoms with E-state index in [1.807, 2.05) is 20.8 Å². The normalized spacial score (nSPS) is 14.0. The minimum absolute atomic E-state index is 0.00200. The molecule has 0 aromatic heterocycles. The maximum absolute atomic E-state index is 12.3. The number of anilines is 1. The second-order valence-electron chi connectivity index (χ2n) is 6.18. The monoisotopic (exact) mass is 316 g/mol. The lowest BCUT2D eigenvalue weighted by Crippen LogP contribution is -2.34. The van der Waals surface area contributed by atoms with Crippen LogP contribution in [0.5, 0.6) is 5.75 Å². The SMILES string of the molecule is COc1cc(N)ccc1S(=O)(=O)NCC(O)CC(C)(C)C. The molecule has 0 spiro atoms. The van der Waals surface area contributed by atoms with Gasteiger partial charge in [-0.1, -0.05) is 20.8 Å². The average molecular weight is 316 g/mol. The topological polar surface area (TPSA) is 102 Å². The third kappa shape index (κ3) is 5.53. The van der Waals surface area contributed by atoms with Crippen LogP contribution >= 0.6 is 0 Å². The number of methoxy groups -OCH3 is 1. The summed E-state index contributed by atoms with van der Waals surface area (Å²) in [6.07, 6.45) is -0.256. The van der Waals surface area contributed by atoms with Crippen molar-refractivity contribution < 1.29 is 18.3 Å². The molecule has 6 nitrogen and oxygen atoms in total. The van der Waals surface area contributed by atoms with E-state index >= 15 is 0 Å². The van der Waals surface area contributed by atoms with Crippen molar-refractivity contribution in [2.24, 2.45) is 5.41 Å². The highest BCUT2D eigenvalue weighted by molar-refractivity contribution is 7.89. The van der Waals surface area contributed by atoms with Crippen molar-refractivity contribution in [3.05, 3.63) is 18.2 Å². The van der Waals surface area contributed by atoms with Crippen molar-refractivity contribution in [2.75, 3.05) is 19.4 Å². The number of benzene rings is 1. The molecule has 0 amide bonds. The minimum atomic E-state index is -3.76. The Morgan fingerprint density at radius 3 is 2.52 bits per heavy atom. The number of rotatable bonds is 6. The van der Waals surface area contributed by atoms with Gasteiger partial charge in [0.2, 0.25) is 10.0 Å². The highest BCUT2D eigenvalue weighted by Gasteiger charge is 2.22. The van der Waals surface area contributed by atoms with Crippen LogP contribution in [0.1, 0.15) is 27.2 Å². The molecule has 0 aliphatic rings. The lowest BCUT2D eigenvalue weighted by Gasteiger charge is -2.22. The van der Waals surface area contributed by atoms with Gasteiger partial charge in [0.1, 0.15) is 10.6 Å². The van der Waals surface area contributed by atoms with Crippen LogP contribution in [0, 0.1) is 5.41 Å².